The maximum atomic E-state index is 5.45. The highest BCUT2D eigenvalue weighted by molar-refractivity contribution is 5.81. The van der Waals surface area contributed by atoms with E-state index in [0.717, 1.165) is 31.1 Å². The van der Waals surface area contributed by atoms with E-state index in [2.05, 4.69) is 17.3 Å². The van der Waals surface area contributed by atoms with E-state index in [0.29, 0.717) is 0 Å². The van der Waals surface area contributed by atoms with Gasteiger partial charge in [-0.05, 0) is 18.8 Å². The second kappa shape index (κ2) is 7.69. The summed E-state index contributed by atoms with van der Waals surface area (Å²) in [5.41, 5.74) is 2.73. The van der Waals surface area contributed by atoms with Gasteiger partial charge in [-0.2, -0.15) is 0 Å². The zero-order valence-corrected chi connectivity index (χ0v) is 9.97. The van der Waals surface area contributed by atoms with Crippen molar-refractivity contribution in [1.82, 2.24) is 5.43 Å². The Morgan fingerprint density at radius 1 is 1.33 bits per heavy atom. The summed E-state index contributed by atoms with van der Waals surface area (Å²) in [6.07, 6.45) is 10.5. The van der Waals surface area contributed by atoms with Crippen LogP contribution >= 0.6 is 0 Å². The molecule has 3 heteroatoms. The topological polar surface area (TPSA) is 50.4 Å². The van der Waals surface area contributed by atoms with E-state index < -0.39 is 0 Å². The highest BCUT2D eigenvalue weighted by Crippen LogP contribution is 2.27. The minimum absolute atomic E-state index is 0.893. The molecule has 0 radical (unpaired) electrons. The molecule has 1 aliphatic rings. The first-order chi connectivity index (χ1) is 7.36. The van der Waals surface area contributed by atoms with Crippen LogP contribution in [0.4, 0.5) is 0 Å². The molecule has 0 aliphatic heterocycles. The summed E-state index contributed by atoms with van der Waals surface area (Å²) in [4.78, 5) is 4.43. The zero-order valence-electron chi connectivity index (χ0n) is 9.97. The molecule has 1 rings (SSSR count). The van der Waals surface area contributed by atoms with Gasteiger partial charge in [-0.1, -0.05) is 39.0 Å². The van der Waals surface area contributed by atoms with Gasteiger partial charge in [0.1, 0.15) is 5.84 Å². The van der Waals surface area contributed by atoms with E-state index in [1.54, 1.807) is 0 Å². The number of hydrogen-bond donors (Lipinski definition) is 2. The molecular formula is C12H25N3. The third-order valence-corrected chi connectivity index (χ3v) is 3.21. The Kier molecular flexibility index (Phi) is 6.41. The smallest absolute Gasteiger partial charge is 0.110 e. The van der Waals surface area contributed by atoms with Crippen LogP contribution in [0.25, 0.3) is 0 Å². The molecule has 0 heterocycles. The van der Waals surface area contributed by atoms with Gasteiger partial charge < -0.3 is 5.43 Å². The lowest BCUT2D eigenvalue weighted by Gasteiger charge is -2.21. The van der Waals surface area contributed by atoms with Crippen LogP contribution in [0.15, 0.2) is 4.99 Å². The Hall–Kier alpha value is -0.570. The second-order valence-corrected chi connectivity index (χ2v) is 4.52. The number of nitrogens with zero attached hydrogens (tertiary/aromatic N) is 1. The van der Waals surface area contributed by atoms with Gasteiger partial charge in [0.25, 0.3) is 0 Å². The number of hydrazine groups is 1. The molecule has 1 aliphatic carbocycles. The van der Waals surface area contributed by atoms with E-state index in [4.69, 9.17) is 5.84 Å². The quantitative estimate of drug-likeness (QED) is 0.318. The summed E-state index contributed by atoms with van der Waals surface area (Å²) in [5, 5.41) is 0. The largest absolute Gasteiger partial charge is 0.312 e. The van der Waals surface area contributed by atoms with Gasteiger partial charge in [0.2, 0.25) is 0 Å². The molecule has 1 saturated carbocycles. The van der Waals surface area contributed by atoms with Gasteiger partial charge in [0, 0.05) is 13.0 Å². The fourth-order valence-corrected chi connectivity index (χ4v) is 2.26. The van der Waals surface area contributed by atoms with Crippen LogP contribution in [0.2, 0.25) is 0 Å². The number of nitrogens with two attached hydrogens (primary N) is 1. The summed E-state index contributed by atoms with van der Waals surface area (Å²) in [5.74, 6) is 7.35. The molecule has 3 N–H and O–H groups in total. The Balaban J connectivity index is 2.20. The fourth-order valence-electron chi connectivity index (χ4n) is 2.26. The Bertz CT molecular complexity index is 183. The van der Waals surface area contributed by atoms with Gasteiger partial charge in [-0.15, -0.1) is 0 Å². The average Bonchev–Trinajstić information content (AvgIpc) is 2.31. The minimum Gasteiger partial charge on any atom is -0.312 e. The Labute approximate surface area is 93.5 Å². The first kappa shape index (κ1) is 12.5. The van der Waals surface area contributed by atoms with Crippen molar-refractivity contribution in [3.8, 4) is 0 Å². The molecule has 3 nitrogen and oxygen atoms in total. The number of aliphatic imine (C=N–C) groups is 1. The first-order valence-corrected chi connectivity index (χ1v) is 6.36. The van der Waals surface area contributed by atoms with E-state index >= 15 is 0 Å². The maximum Gasteiger partial charge on any atom is 0.110 e. The zero-order chi connectivity index (χ0) is 10.9. The monoisotopic (exact) mass is 211 g/mol. The maximum absolute atomic E-state index is 5.45. The molecule has 0 spiro atoms. The standard InChI is InChI=1S/C12H25N3/c1-2-10-14-12(15-13)9-8-11-6-4-3-5-7-11/h11H,2-10,13H2,1H3,(H,14,15). The molecule has 0 aromatic rings. The highest BCUT2D eigenvalue weighted by atomic mass is 15.2. The van der Waals surface area contributed by atoms with E-state index in [1.807, 2.05) is 0 Å². The van der Waals surface area contributed by atoms with Crippen molar-refractivity contribution in [2.24, 2.45) is 16.8 Å². The lowest BCUT2D eigenvalue weighted by atomic mass is 9.86. The average molecular weight is 211 g/mol. The fraction of sp³-hybridized carbons (Fsp3) is 0.917. The van der Waals surface area contributed by atoms with Crippen molar-refractivity contribution in [2.45, 2.75) is 58.3 Å². The molecule has 15 heavy (non-hydrogen) atoms. The summed E-state index contributed by atoms with van der Waals surface area (Å²) < 4.78 is 0. The third-order valence-electron chi connectivity index (χ3n) is 3.21. The van der Waals surface area contributed by atoms with Crippen LogP contribution in [0.1, 0.15) is 58.3 Å². The molecule has 0 amide bonds. The molecular weight excluding hydrogens is 186 g/mol. The van der Waals surface area contributed by atoms with Crippen LogP contribution in [0.5, 0.6) is 0 Å². The van der Waals surface area contributed by atoms with Crippen LogP contribution in [0.3, 0.4) is 0 Å². The molecule has 0 unspecified atom stereocenters. The van der Waals surface area contributed by atoms with E-state index in [-0.39, 0.29) is 0 Å². The molecule has 0 atom stereocenters. The van der Waals surface area contributed by atoms with Gasteiger partial charge in [-0.3, -0.25) is 4.99 Å². The number of rotatable bonds is 5. The van der Waals surface area contributed by atoms with Crippen molar-refractivity contribution in [3.05, 3.63) is 0 Å². The van der Waals surface area contributed by atoms with E-state index in [9.17, 15) is 0 Å². The van der Waals surface area contributed by atoms with E-state index in [1.165, 1.54) is 38.5 Å². The van der Waals surface area contributed by atoms with Crippen LogP contribution in [-0.4, -0.2) is 12.4 Å². The van der Waals surface area contributed by atoms with Crippen molar-refractivity contribution in [1.29, 1.82) is 0 Å². The molecule has 0 aromatic heterocycles. The Morgan fingerprint density at radius 3 is 2.67 bits per heavy atom. The molecule has 0 saturated heterocycles. The highest BCUT2D eigenvalue weighted by Gasteiger charge is 2.13. The Morgan fingerprint density at radius 2 is 2.07 bits per heavy atom. The SMILES string of the molecule is CCCN=C(CCC1CCCCC1)NN. The number of nitrogens with one attached hydrogen (secondary N) is 1. The number of amidine groups is 1. The number of hydrogen-bond acceptors (Lipinski definition) is 2. The predicted octanol–water partition coefficient (Wildman–Crippen LogP) is 2.62. The third kappa shape index (κ3) is 5.17. The van der Waals surface area contributed by atoms with Gasteiger partial charge in [0.05, 0.1) is 0 Å². The summed E-state index contributed by atoms with van der Waals surface area (Å²) >= 11 is 0. The summed E-state index contributed by atoms with van der Waals surface area (Å²) in [6.45, 7) is 3.03. The molecule has 1 fully saturated rings. The first-order valence-electron chi connectivity index (χ1n) is 6.36. The van der Waals surface area contributed by atoms with Crippen molar-refractivity contribution in [2.75, 3.05) is 6.54 Å². The van der Waals surface area contributed by atoms with Crippen LogP contribution < -0.4 is 11.3 Å². The van der Waals surface area contributed by atoms with Crippen molar-refractivity contribution < 1.29 is 0 Å². The lowest BCUT2D eigenvalue weighted by Crippen LogP contribution is -2.31. The summed E-state index contributed by atoms with van der Waals surface area (Å²) in [6, 6.07) is 0. The van der Waals surface area contributed by atoms with Crippen molar-refractivity contribution >= 4 is 5.84 Å². The second-order valence-electron chi connectivity index (χ2n) is 4.52. The van der Waals surface area contributed by atoms with Crippen LogP contribution in [0, 0.1) is 5.92 Å². The molecule has 0 bridgehead atoms. The predicted molar refractivity (Wildman–Crippen MR) is 65.7 cm³/mol. The molecule has 0 aromatic carbocycles. The molecule has 88 valence electrons. The van der Waals surface area contributed by atoms with Gasteiger partial charge in [-0.25, -0.2) is 5.84 Å². The normalized spacial score (nSPS) is 19.2. The van der Waals surface area contributed by atoms with Crippen molar-refractivity contribution in [3.63, 3.8) is 0 Å². The minimum atomic E-state index is 0.893. The summed E-state index contributed by atoms with van der Waals surface area (Å²) in [7, 11) is 0. The van der Waals surface area contributed by atoms with Gasteiger partial charge in [0.15, 0.2) is 0 Å². The van der Waals surface area contributed by atoms with Gasteiger partial charge >= 0.3 is 0 Å². The lowest BCUT2D eigenvalue weighted by molar-refractivity contribution is 0.342. The van der Waals surface area contributed by atoms with Crippen LogP contribution in [-0.2, 0) is 0 Å².